The molecule has 1 aliphatic heterocycles. The first kappa shape index (κ1) is 14.5. The Hall–Kier alpha value is -0.950. The number of hydrogen-bond donors (Lipinski definition) is 0. The number of anilines is 1. The number of nitrogens with zero attached hydrogens (tertiary/aromatic N) is 1. The van der Waals surface area contributed by atoms with Gasteiger partial charge in [-0.2, -0.15) is 0 Å². The first-order valence-corrected chi connectivity index (χ1v) is 7.18. The summed E-state index contributed by atoms with van der Waals surface area (Å²) in [4.78, 5) is 24.3. The van der Waals surface area contributed by atoms with Gasteiger partial charge >= 0.3 is 0 Å². The summed E-state index contributed by atoms with van der Waals surface area (Å²) in [6, 6.07) is 1.97. The van der Waals surface area contributed by atoms with E-state index in [9.17, 15) is 18.4 Å². The van der Waals surface area contributed by atoms with Crippen LogP contribution < -0.4 is 4.90 Å². The molecule has 0 bridgehead atoms. The van der Waals surface area contributed by atoms with Gasteiger partial charge in [0.15, 0.2) is 16.7 Å². The fourth-order valence-electron chi connectivity index (χ4n) is 1.94. The molecule has 1 unspecified atom stereocenters. The predicted octanol–water partition coefficient (Wildman–Crippen LogP) is 3.11. The van der Waals surface area contributed by atoms with Crippen molar-refractivity contribution in [2.24, 2.45) is 0 Å². The van der Waals surface area contributed by atoms with Crippen molar-refractivity contribution in [2.45, 2.75) is 18.6 Å². The second kappa shape index (κ2) is 5.58. The molecule has 1 atom stereocenters. The molecule has 1 aliphatic rings. The lowest BCUT2D eigenvalue weighted by atomic mass is 10.3. The number of benzene rings is 1. The van der Waals surface area contributed by atoms with E-state index in [-0.39, 0.29) is 28.4 Å². The fraction of sp³-hybridized carbons (Fsp3) is 0.333. The Morgan fingerprint density at radius 1 is 1.42 bits per heavy atom. The van der Waals surface area contributed by atoms with Crippen LogP contribution >= 0.6 is 27.7 Å². The number of carbonyl (C=O) groups excluding carboxylic acids is 2. The van der Waals surface area contributed by atoms with Crippen LogP contribution in [0.4, 0.5) is 14.5 Å². The Labute approximate surface area is 121 Å². The van der Waals surface area contributed by atoms with Crippen molar-refractivity contribution in [2.75, 3.05) is 11.4 Å². The van der Waals surface area contributed by atoms with Crippen molar-refractivity contribution in [1.82, 2.24) is 0 Å². The Bertz CT molecular complexity index is 553. The third kappa shape index (κ3) is 3.14. The average molecular weight is 350 g/mol. The van der Waals surface area contributed by atoms with E-state index in [2.05, 4.69) is 15.9 Å². The molecule has 1 aromatic carbocycles. The summed E-state index contributed by atoms with van der Waals surface area (Å²) in [5.74, 6) is -2.18. The first-order chi connectivity index (χ1) is 8.88. The monoisotopic (exact) mass is 349 g/mol. The highest BCUT2D eigenvalue weighted by atomic mass is 79.9. The van der Waals surface area contributed by atoms with Crippen molar-refractivity contribution in [3.05, 3.63) is 28.2 Å². The van der Waals surface area contributed by atoms with Crippen molar-refractivity contribution in [3.63, 3.8) is 0 Å². The standard InChI is InChI=1S/C12H10BrF2NO2S/c1-6(17)19-7-2-12(18)16(5-7)11-4-10(15)9(14)3-8(11)13/h3-4,7H,2,5H2,1H3. The van der Waals surface area contributed by atoms with Crippen LogP contribution in [0, 0.1) is 11.6 Å². The van der Waals surface area contributed by atoms with Crippen molar-refractivity contribution < 1.29 is 18.4 Å². The summed E-state index contributed by atoms with van der Waals surface area (Å²) in [6.07, 6.45) is 0.218. The van der Waals surface area contributed by atoms with Crippen LogP contribution in [0.5, 0.6) is 0 Å². The van der Waals surface area contributed by atoms with Gasteiger partial charge in [-0.15, -0.1) is 0 Å². The van der Waals surface area contributed by atoms with E-state index in [1.165, 1.54) is 11.8 Å². The van der Waals surface area contributed by atoms with Crippen LogP contribution in [-0.2, 0) is 9.59 Å². The quantitative estimate of drug-likeness (QED) is 0.770. The van der Waals surface area contributed by atoms with E-state index >= 15 is 0 Å². The molecule has 0 aromatic heterocycles. The first-order valence-electron chi connectivity index (χ1n) is 5.50. The van der Waals surface area contributed by atoms with E-state index in [1.54, 1.807) is 0 Å². The smallest absolute Gasteiger partial charge is 0.228 e. The van der Waals surface area contributed by atoms with Crippen LogP contribution in [-0.4, -0.2) is 22.8 Å². The maximum atomic E-state index is 13.3. The van der Waals surface area contributed by atoms with Gasteiger partial charge in [-0.05, 0) is 22.0 Å². The van der Waals surface area contributed by atoms with Gasteiger partial charge in [-0.25, -0.2) is 8.78 Å². The van der Waals surface area contributed by atoms with Gasteiger partial charge in [0.1, 0.15) is 0 Å². The van der Waals surface area contributed by atoms with Crippen molar-refractivity contribution in [1.29, 1.82) is 0 Å². The zero-order chi connectivity index (χ0) is 14.2. The molecule has 0 aliphatic carbocycles. The topological polar surface area (TPSA) is 37.4 Å². The second-order valence-corrected chi connectivity index (χ2v) is 6.49. The molecule has 1 aromatic rings. The average Bonchev–Trinajstić information content (AvgIpc) is 2.63. The Kier molecular flexibility index (Phi) is 4.25. The van der Waals surface area contributed by atoms with Gasteiger partial charge in [0, 0.05) is 35.7 Å². The van der Waals surface area contributed by atoms with Crippen molar-refractivity contribution >= 4 is 44.4 Å². The third-order valence-electron chi connectivity index (χ3n) is 2.70. The van der Waals surface area contributed by atoms with E-state index in [4.69, 9.17) is 0 Å². The molecule has 1 amide bonds. The molecule has 0 radical (unpaired) electrons. The molecule has 0 N–H and O–H groups in total. The molecule has 19 heavy (non-hydrogen) atoms. The molecule has 3 nitrogen and oxygen atoms in total. The number of rotatable bonds is 2. The summed E-state index contributed by atoms with van der Waals surface area (Å²) >= 11 is 4.21. The normalized spacial score (nSPS) is 19.1. The molecule has 7 heteroatoms. The lowest BCUT2D eigenvalue weighted by Crippen LogP contribution is -2.25. The van der Waals surface area contributed by atoms with E-state index < -0.39 is 11.6 Å². The molecule has 1 saturated heterocycles. The lowest BCUT2D eigenvalue weighted by Gasteiger charge is -2.18. The number of hydrogen-bond acceptors (Lipinski definition) is 3. The molecular weight excluding hydrogens is 340 g/mol. The van der Waals surface area contributed by atoms with E-state index in [0.29, 0.717) is 11.0 Å². The highest BCUT2D eigenvalue weighted by molar-refractivity contribution is 9.10. The number of amides is 1. The summed E-state index contributed by atoms with van der Waals surface area (Å²) < 4.78 is 26.6. The molecule has 0 saturated carbocycles. The SMILES string of the molecule is CC(=O)SC1CC(=O)N(c2cc(F)c(F)cc2Br)C1. The fourth-order valence-corrected chi connectivity index (χ4v) is 3.39. The number of thioether (sulfide) groups is 1. The van der Waals surface area contributed by atoms with Gasteiger partial charge in [-0.1, -0.05) is 11.8 Å². The highest BCUT2D eigenvalue weighted by Crippen LogP contribution is 2.34. The number of carbonyl (C=O) groups is 2. The van der Waals surface area contributed by atoms with E-state index in [1.807, 2.05) is 0 Å². The van der Waals surface area contributed by atoms with Crippen LogP contribution in [0.15, 0.2) is 16.6 Å². The zero-order valence-corrected chi connectivity index (χ0v) is 12.4. The predicted molar refractivity (Wildman–Crippen MR) is 73.1 cm³/mol. The van der Waals surface area contributed by atoms with Gasteiger partial charge in [0.05, 0.1) is 5.69 Å². The molecule has 1 fully saturated rings. The molecular formula is C12H10BrF2NO2S. The largest absolute Gasteiger partial charge is 0.310 e. The van der Waals surface area contributed by atoms with Crippen LogP contribution in [0.2, 0.25) is 0 Å². The van der Waals surface area contributed by atoms with Gasteiger partial charge < -0.3 is 4.90 Å². The van der Waals surface area contributed by atoms with Crippen LogP contribution in [0.3, 0.4) is 0 Å². The van der Waals surface area contributed by atoms with E-state index in [0.717, 1.165) is 23.9 Å². The van der Waals surface area contributed by atoms with Crippen LogP contribution in [0.25, 0.3) is 0 Å². The van der Waals surface area contributed by atoms with Gasteiger partial charge in [0.2, 0.25) is 5.91 Å². The highest BCUT2D eigenvalue weighted by Gasteiger charge is 2.33. The lowest BCUT2D eigenvalue weighted by molar-refractivity contribution is -0.117. The Morgan fingerprint density at radius 3 is 2.68 bits per heavy atom. The van der Waals surface area contributed by atoms with Gasteiger partial charge in [0.25, 0.3) is 0 Å². The maximum absolute atomic E-state index is 13.3. The van der Waals surface area contributed by atoms with Crippen molar-refractivity contribution in [3.8, 4) is 0 Å². The van der Waals surface area contributed by atoms with Gasteiger partial charge in [-0.3, -0.25) is 9.59 Å². The van der Waals surface area contributed by atoms with Crippen LogP contribution in [0.1, 0.15) is 13.3 Å². The summed E-state index contributed by atoms with van der Waals surface area (Å²) in [5, 5.41) is -0.214. The Balaban J connectivity index is 2.25. The zero-order valence-electron chi connectivity index (χ0n) is 9.95. The summed E-state index contributed by atoms with van der Waals surface area (Å²) in [7, 11) is 0. The molecule has 1 heterocycles. The summed E-state index contributed by atoms with van der Waals surface area (Å²) in [5.41, 5.74) is 0.288. The molecule has 102 valence electrons. The second-order valence-electron chi connectivity index (χ2n) is 4.16. The summed E-state index contributed by atoms with van der Waals surface area (Å²) in [6.45, 7) is 1.75. The minimum absolute atomic E-state index is 0.0657. The maximum Gasteiger partial charge on any atom is 0.228 e. The molecule has 0 spiro atoms. The number of halogens is 3. The molecule has 2 rings (SSSR count). The minimum Gasteiger partial charge on any atom is -0.310 e. The minimum atomic E-state index is -1.01. The Morgan fingerprint density at radius 2 is 2.05 bits per heavy atom. The third-order valence-corrected chi connectivity index (χ3v) is 4.32.